The molecule has 0 aromatic carbocycles. The van der Waals surface area contributed by atoms with Gasteiger partial charge >= 0.3 is 0 Å². The molecule has 0 aromatic rings. The van der Waals surface area contributed by atoms with Crippen LogP contribution in [-0.2, 0) is 9.47 Å². The predicted molar refractivity (Wildman–Crippen MR) is 63.1 cm³/mol. The lowest BCUT2D eigenvalue weighted by Crippen LogP contribution is -2.60. The summed E-state index contributed by atoms with van der Waals surface area (Å²) < 4.78 is 10.7. The Balaban J connectivity index is 1.98. The molecule has 1 heterocycles. The molecule has 1 unspecified atom stereocenters. The standard InChI is InChI=1S/C12H22O7/c13-5-8-9(15)10(16)11(17)12(19-8)18-7-4-2-1-3-6(7)14/h6-17H,1-5H2/t6-,7+,8+,9-,10-,11+,12?/m0/s1. The maximum absolute atomic E-state index is 9.81. The molecule has 7 nitrogen and oxygen atoms in total. The molecule has 0 radical (unpaired) electrons. The molecule has 5 N–H and O–H groups in total. The summed E-state index contributed by atoms with van der Waals surface area (Å²) in [6, 6.07) is 0. The largest absolute Gasteiger partial charge is 0.394 e. The molecule has 0 bridgehead atoms. The van der Waals surface area contributed by atoms with Crippen molar-refractivity contribution >= 4 is 0 Å². The van der Waals surface area contributed by atoms with Gasteiger partial charge in [0.05, 0.1) is 18.8 Å². The Labute approximate surface area is 111 Å². The lowest BCUT2D eigenvalue weighted by Gasteiger charge is -2.42. The number of aliphatic hydroxyl groups excluding tert-OH is 5. The van der Waals surface area contributed by atoms with Gasteiger partial charge in [-0.25, -0.2) is 0 Å². The van der Waals surface area contributed by atoms with Crippen LogP contribution in [0.2, 0.25) is 0 Å². The van der Waals surface area contributed by atoms with Crippen molar-refractivity contribution in [1.82, 2.24) is 0 Å². The minimum atomic E-state index is -1.45. The Morgan fingerprint density at radius 1 is 0.947 bits per heavy atom. The monoisotopic (exact) mass is 278 g/mol. The van der Waals surface area contributed by atoms with Crippen molar-refractivity contribution in [2.75, 3.05) is 6.61 Å². The van der Waals surface area contributed by atoms with E-state index in [1.807, 2.05) is 0 Å². The number of ether oxygens (including phenoxy) is 2. The quantitative estimate of drug-likeness (QED) is 0.409. The number of hydrogen-bond acceptors (Lipinski definition) is 7. The van der Waals surface area contributed by atoms with Crippen LogP contribution in [0.1, 0.15) is 25.7 Å². The maximum Gasteiger partial charge on any atom is 0.187 e. The first-order valence-electron chi connectivity index (χ1n) is 6.68. The summed E-state index contributed by atoms with van der Waals surface area (Å²) in [5.74, 6) is 0. The fourth-order valence-corrected chi connectivity index (χ4v) is 2.59. The van der Waals surface area contributed by atoms with E-state index < -0.39 is 49.5 Å². The average Bonchev–Trinajstić information content (AvgIpc) is 2.41. The van der Waals surface area contributed by atoms with Gasteiger partial charge in [0.2, 0.25) is 0 Å². The van der Waals surface area contributed by atoms with Gasteiger partial charge in [-0.15, -0.1) is 0 Å². The Morgan fingerprint density at radius 3 is 2.26 bits per heavy atom. The number of aliphatic hydroxyl groups is 5. The normalized spacial score (nSPS) is 48.2. The van der Waals surface area contributed by atoms with Crippen molar-refractivity contribution in [2.45, 2.75) is 68.6 Å². The van der Waals surface area contributed by atoms with Gasteiger partial charge in [-0.1, -0.05) is 12.8 Å². The zero-order valence-corrected chi connectivity index (χ0v) is 10.6. The summed E-state index contributed by atoms with van der Waals surface area (Å²) in [5.41, 5.74) is 0. The van der Waals surface area contributed by atoms with E-state index in [1.54, 1.807) is 0 Å². The molecule has 0 aromatic heterocycles. The molecule has 7 heteroatoms. The highest BCUT2D eigenvalue weighted by atomic mass is 16.7. The van der Waals surface area contributed by atoms with Gasteiger partial charge in [-0.05, 0) is 12.8 Å². The lowest BCUT2D eigenvalue weighted by atomic mass is 9.94. The summed E-state index contributed by atoms with van der Waals surface area (Å²) in [7, 11) is 0. The third-order valence-electron chi connectivity index (χ3n) is 3.83. The van der Waals surface area contributed by atoms with Crippen LogP contribution >= 0.6 is 0 Å². The first kappa shape index (κ1) is 15.1. The van der Waals surface area contributed by atoms with Crippen LogP contribution in [0.15, 0.2) is 0 Å². The Morgan fingerprint density at radius 2 is 1.63 bits per heavy atom. The van der Waals surface area contributed by atoms with Crippen LogP contribution in [0.5, 0.6) is 0 Å². The first-order chi connectivity index (χ1) is 9.04. The molecule has 2 aliphatic rings. The van der Waals surface area contributed by atoms with Crippen LogP contribution in [0.3, 0.4) is 0 Å². The second kappa shape index (κ2) is 6.45. The van der Waals surface area contributed by atoms with Crippen LogP contribution < -0.4 is 0 Å². The average molecular weight is 278 g/mol. The molecule has 2 fully saturated rings. The minimum absolute atomic E-state index is 0.463. The van der Waals surface area contributed by atoms with Crippen molar-refractivity contribution in [3.63, 3.8) is 0 Å². The molecule has 112 valence electrons. The van der Waals surface area contributed by atoms with Gasteiger partial charge in [-0.2, -0.15) is 0 Å². The van der Waals surface area contributed by atoms with E-state index in [0.717, 1.165) is 12.8 Å². The Bertz CT molecular complexity index is 285. The predicted octanol–water partition coefficient (Wildman–Crippen LogP) is -1.89. The molecule has 19 heavy (non-hydrogen) atoms. The smallest absolute Gasteiger partial charge is 0.187 e. The molecule has 0 amide bonds. The van der Waals surface area contributed by atoms with E-state index in [2.05, 4.69) is 0 Å². The van der Waals surface area contributed by atoms with Crippen molar-refractivity contribution < 1.29 is 35.0 Å². The molecule has 1 saturated carbocycles. The molecule has 0 spiro atoms. The maximum atomic E-state index is 9.81. The van der Waals surface area contributed by atoms with Gasteiger partial charge in [0.15, 0.2) is 6.29 Å². The molecule has 1 aliphatic carbocycles. The van der Waals surface area contributed by atoms with E-state index in [4.69, 9.17) is 14.6 Å². The van der Waals surface area contributed by atoms with E-state index >= 15 is 0 Å². The zero-order valence-electron chi connectivity index (χ0n) is 10.6. The van der Waals surface area contributed by atoms with E-state index in [0.29, 0.717) is 12.8 Å². The molecule has 2 rings (SSSR count). The fraction of sp³-hybridized carbons (Fsp3) is 1.00. The summed E-state index contributed by atoms with van der Waals surface area (Å²) in [6.45, 7) is -0.488. The molecular formula is C12H22O7. The van der Waals surface area contributed by atoms with Crippen LogP contribution in [0.4, 0.5) is 0 Å². The number of rotatable bonds is 3. The molecule has 1 aliphatic heterocycles. The molecule has 7 atom stereocenters. The van der Waals surface area contributed by atoms with Crippen molar-refractivity contribution in [2.24, 2.45) is 0 Å². The first-order valence-corrected chi connectivity index (χ1v) is 6.68. The van der Waals surface area contributed by atoms with Gasteiger partial charge in [0.1, 0.15) is 24.4 Å². The minimum Gasteiger partial charge on any atom is -0.394 e. The van der Waals surface area contributed by atoms with Gasteiger partial charge < -0.3 is 35.0 Å². The van der Waals surface area contributed by atoms with Crippen LogP contribution in [-0.4, -0.2) is 75.1 Å². The van der Waals surface area contributed by atoms with E-state index in [9.17, 15) is 20.4 Å². The summed E-state index contributed by atoms with van der Waals surface area (Å²) in [6.07, 6.45) is -4.36. The third kappa shape index (κ3) is 3.25. The van der Waals surface area contributed by atoms with Crippen molar-refractivity contribution in [3.8, 4) is 0 Å². The van der Waals surface area contributed by atoms with Gasteiger partial charge in [0.25, 0.3) is 0 Å². The highest BCUT2D eigenvalue weighted by Gasteiger charge is 2.45. The summed E-state index contributed by atoms with van der Waals surface area (Å²) >= 11 is 0. The SMILES string of the molecule is OC[C@H]1OC(O[C@@H]2CCCC[C@@H]2O)[C@H](O)[C@@H](O)[C@H]1O. The second-order valence-corrected chi connectivity index (χ2v) is 5.22. The van der Waals surface area contributed by atoms with Crippen molar-refractivity contribution in [3.05, 3.63) is 0 Å². The number of hydrogen-bond donors (Lipinski definition) is 5. The topological polar surface area (TPSA) is 120 Å². The van der Waals surface area contributed by atoms with Gasteiger partial charge in [-0.3, -0.25) is 0 Å². The molecular weight excluding hydrogens is 256 g/mol. The van der Waals surface area contributed by atoms with Crippen LogP contribution in [0.25, 0.3) is 0 Å². The van der Waals surface area contributed by atoms with Gasteiger partial charge in [0, 0.05) is 0 Å². The molecule has 1 saturated heterocycles. The zero-order chi connectivity index (χ0) is 14.0. The Kier molecular flexibility index (Phi) is 5.13. The van der Waals surface area contributed by atoms with Crippen LogP contribution in [0, 0.1) is 0 Å². The highest BCUT2D eigenvalue weighted by molar-refractivity contribution is 4.89. The lowest BCUT2D eigenvalue weighted by molar-refractivity contribution is -0.318. The van der Waals surface area contributed by atoms with Crippen molar-refractivity contribution in [1.29, 1.82) is 0 Å². The third-order valence-corrected chi connectivity index (χ3v) is 3.83. The fourth-order valence-electron chi connectivity index (χ4n) is 2.59. The second-order valence-electron chi connectivity index (χ2n) is 5.22. The highest BCUT2D eigenvalue weighted by Crippen LogP contribution is 2.27. The summed E-state index contributed by atoms with van der Waals surface area (Å²) in [4.78, 5) is 0. The summed E-state index contributed by atoms with van der Waals surface area (Å²) in [5, 5.41) is 47.9. The van der Waals surface area contributed by atoms with E-state index in [1.165, 1.54) is 0 Å². The Hall–Kier alpha value is -0.280. The van der Waals surface area contributed by atoms with E-state index in [-0.39, 0.29) is 0 Å².